The molecule has 0 aliphatic carbocycles. The highest BCUT2D eigenvalue weighted by molar-refractivity contribution is 6.30. The van der Waals surface area contributed by atoms with Crippen molar-refractivity contribution in [2.75, 3.05) is 0 Å². The van der Waals surface area contributed by atoms with Gasteiger partial charge in [0.25, 0.3) is 6.43 Å². The van der Waals surface area contributed by atoms with Crippen LogP contribution in [0.5, 0.6) is 5.75 Å². The third kappa shape index (κ3) is 3.87. The molecule has 7 heteroatoms. The lowest BCUT2D eigenvalue weighted by atomic mass is 10.1. The molecule has 0 aliphatic rings. The molecular weight excluding hydrogens is 276 g/mol. The highest BCUT2D eigenvalue weighted by atomic mass is 35.5. The van der Waals surface area contributed by atoms with Gasteiger partial charge < -0.3 is 4.74 Å². The Morgan fingerprint density at radius 3 is 2.17 bits per heavy atom. The first kappa shape index (κ1) is 14.8. The topological polar surface area (TPSA) is 26.3 Å². The maximum Gasteiger partial charge on any atom is 0.387 e. The standard InChI is InChI=1S/C11H9ClF4O2/c1-5(17)9(12)6-2-7(10(13)14)4-8(3-6)18-11(15)16/h2-4,9-11H,1H3. The molecule has 1 aromatic rings. The molecule has 0 fully saturated rings. The number of carbonyl (C=O) groups is 1. The summed E-state index contributed by atoms with van der Waals surface area (Å²) in [5.41, 5.74) is -0.535. The second-order valence-corrected chi connectivity index (χ2v) is 3.92. The zero-order valence-electron chi connectivity index (χ0n) is 9.17. The number of ether oxygens (including phenoxy) is 1. The fraction of sp³-hybridized carbons (Fsp3) is 0.364. The number of rotatable bonds is 5. The molecule has 100 valence electrons. The van der Waals surface area contributed by atoms with Gasteiger partial charge in [0.2, 0.25) is 0 Å². The van der Waals surface area contributed by atoms with Crippen molar-refractivity contribution in [1.82, 2.24) is 0 Å². The van der Waals surface area contributed by atoms with Gasteiger partial charge in [-0.25, -0.2) is 8.78 Å². The van der Waals surface area contributed by atoms with E-state index in [1.807, 2.05) is 0 Å². The maximum absolute atomic E-state index is 12.6. The van der Waals surface area contributed by atoms with Crippen molar-refractivity contribution in [2.24, 2.45) is 0 Å². The molecule has 1 rings (SSSR count). The third-order valence-electron chi connectivity index (χ3n) is 2.08. The van der Waals surface area contributed by atoms with Gasteiger partial charge >= 0.3 is 6.61 Å². The molecule has 1 atom stereocenters. The summed E-state index contributed by atoms with van der Waals surface area (Å²) in [5, 5.41) is -1.18. The number of hydrogen-bond acceptors (Lipinski definition) is 2. The molecule has 0 spiro atoms. The first-order valence-corrected chi connectivity index (χ1v) is 5.27. The largest absolute Gasteiger partial charge is 0.435 e. The lowest BCUT2D eigenvalue weighted by molar-refractivity contribution is -0.116. The van der Waals surface area contributed by atoms with Gasteiger partial charge in [0.1, 0.15) is 11.1 Å². The number of alkyl halides is 5. The van der Waals surface area contributed by atoms with E-state index in [1.165, 1.54) is 6.92 Å². The minimum Gasteiger partial charge on any atom is -0.435 e. The molecule has 2 nitrogen and oxygen atoms in total. The lowest BCUT2D eigenvalue weighted by Crippen LogP contribution is -2.06. The summed E-state index contributed by atoms with van der Waals surface area (Å²) in [4.78, 5) is 11.1. The first-order chi connectivity index (χ1) is 8.31. The minimum absolute atomic E-state index is 0.00221. The number of ketones is 1. The average molecular weight is 285 g/mol. The summed E-state index contributed by atoms with van der Waals surface area (Å²) in [6, 6.07) is 2.81. The molecule has 0 aliphatic heterocycles. The van der Waals surface area contributed by atoms with Crippen molar-refractivity contribution in [2.45, 2.75) is 25.3 Å². The van der Waals surface area contributed by atoms with Crippen LogP contribution in [0.25, 0.3) is 0 Å². The van der Waals surface area contributed by atoms with Crippen LogP contribution in [-0.4, -0.2) is 12.4 Å². The Kier molecular flexibility index (Phi) is 4.95. The molecule has 0 aromatic heterocycles. The number of Topliss-reactive ketones (excluding diaryl/α,β-unsaturated/α-hetero) is 1. The molecule has 0 N–H and O–H groups in total. The van der Waals surface area contributed by atoms with E-state index >= 15 is 0 Å². The van der Waals surface area contributed by atoms with Gasteiger partial charge in [0, 0.05) is 5.56 Å². The molecule has 0 heterocycles. The predicted octanol–water partition coefficient (Wildman–Crippen LogP) is 4.09. The lowest BCUT2D eigenvalue weighted by Gasteiger charge is -2.12. The van der Waals surface area contributed by atoms with E-state index in [1.54, 1.807) is 0 Å². The van der Waals surface area contributed by atoms with Gasteiger partial charge in [0.05, 0.1) is 0 Å². The van der Waals surface area contributed by atoms with E-state index < -0.39 is 35.5 Å². The molecule has 0 bridgehead atoms. The predicted molar refractivity (Wildman–Crippen MR) is 57.3 cm³/mol. The zero-order valence-corrected chi connectivity index (χ0v) is 9.93. The number of hydrogen-bond donors (Lipinski definition) is 0. The van der Waals surface area contributed by atoms with Gasteiger partial charge in [-0.05, 0) is 30.7 Å². The summed E-state index contributed by atoms with van der Waals surface area (Å²) >= 11 is 5.69. The minimum atomic E-state index is -3.14. The Labute approximate surface area is 105 Å². The van der Waals surface area contributed by atoms with Gasteiger partial charge in [0.15, 0.2) is 5.78 Å². The monoisotopic (exact) mass is 284 g/mol. The van der Waals surface area contributed by atoms with Crippen molar-refractivity contribution in [3.63, 3.8) is 0 Å². The molecule has 1 unspecified atom stereocenters. The fourth-order valence-electron chi connectivity index (χ4n) is 1.32. The molecule has 0 radical (unpaired) electrons. The summed E-state index contributed by atoms with van der Waals surface area (Å²) < 4.78 is 53.2. The van der Waals surface area contributed by atoms with Crippen LogP contribution in [0.4, 0.5) is 17.6 Å². The molecule has 0 saturated carbocycles. The van der Waals surface area contributed by atoms with Gasteiger partial charge in [-0.15, -0.1) is 11.6 Å². The summed E-state index contributed by atoms with van der Waals surface area (Å²) in [5.74, 6) is -0.934. The van der Waals surface area contributed by atoms with E-state index in [-0.39, 0.29) is 5.56 Å². The van der Waals surface area contributed by atoms with Crippen LogP contribution in [0.2, 0.25) is 0 Å². The van der Waals surface area contributed by atoms with Crippen molar-refractivity contribution < 1.29 is 27.1 Å². The van der Waals surface area contributed by atoms with Gasteiger partial charge in [-0.1, -0.05) is 0 Å². The quantitative estimate of drug-likeness (QED) is 0.601. The average Bonchev–Trinajstić information content (AvgIpc) is 2.26. The highest BCUT2D eigenvalue weighted by Crippen LogP contribution is 2.31. The molecule has 0 saturated heterocycles. The van der Waals surface area contributed by atoms with Crippen molar-refractivity contribution in [1.29, 1.82) is 0 Å². The summed E-state index contributed by atoms with van der Waals surface area (Å²) in [6.45, 7) is -1.97. The van der Waals surface area contributed by atoms with Crippen molar-refractivity contribution >= 4 is 17.4 Å². The SMILES string of the molecule is CC(=O)C(Cl)c1cc(OC(F)F)cc(C(F)F)c1. The van der Waals surface area contributed by atoms with Crippen LogP contribution in [0, 0.1) is 0 Å². The van der Waals surface area contributed by atoms with Crippen LogP contribution >= 0.6 is 11.6 Å². The maximum atomic E-state index is 12.6. The Balaban J connectivity index is 3.17. The zero-order chi connectivity index (χ0) is 13.9. The van der Waals surface area contributed by atoms with Crippen LogP contribution in [0.15, 0.2) is 18.2 Å². The second-order valence-electron chi connectivity index (χ2n) is 3.49. The van der Waals surface area contributed by atoms with Crippen LogP contribution in [-0.2, 0) is 4.79 Å². The summed E-state index contributed by atoms with van der Waals surface area (Å²) in [7, 11) is 0. The molecule has 18 heavy (non-hydrogen) atoms. The fourth-order valence-corrected chi connectivity index (χ4v) is 1.45. The van der Waals surface area contributed by atoms with Crippen molar-refractivity contribution in [3.8, 4) is 5.75 Å². The Bertz CT molecular complexity index is 437. The van der Waals surface area contributed by atoms with E-state index in [4.69, 9.17) is 11.6 Å². The van der Waals surface area contributed by atoms with E-state index in [0.29, 0.717) is 0 Å². The van der Waals surface area contributed by atoms with Gasteiger partial charge in [-0.2, -0.15) is 8.78 Å². The van der Waals surface area contributed by atoms with Crippen molar-refractivity contribution in [3.05, 3.63) is 29.3 Å². The van der Waals surface area contributed by atoms with Crippen LogP contribution in [0.3, 0.4) is 0 Å². The normalized spacial score (nSPS) is 12.9. The van der Waals surface area contributed by atoms with Crippen LogP contribution in [0.1, 0.15) is 29.9 Å². The first-order valence-electron chi connectivity index (χ1n) is 4.83. The molecule has 0 amide bonds. The smallest absolute Gasteiger partial charge is 0.387 e. The number of halogens is 5. The van der Waals surface area contributed by atoms with Gasteiger partial charge in [-0.3, -0.25) is 4.79 Å². The third-order valence-corrected chi connectivity index (χ3v) is 2.64. The highest BCUT2D eigenvalue weighted by Gasteiger charge is 2.19. The van der Waals surface area contributed by atoms with E-state index in [2.05, 4.69) is 4.74 Å². The molecular formula is C11H9ClF4O2. The Morgan fingerprint density at radius 1 is 1.17 bits per heavy atom. The Morgan fingerprint density at radius 2 is 1.72 bits per heavy atom. The van der Waals surface area contributed by atoms with E-state index in [9.17, 15) is 22.4 Å². The van der Waals surface area contributed by atoms with Crippen LogP contribution < -0.4 is 4.74 Å². The summed E-state index contributed by atoms with van der Waals surface area (Å²) in [6.07, 6.45) is -2.87. The number of benzene rings is 1. The van der Waals surface area contributed by atoms with E-state index in [0.717, 1.165) is 18.2 Å². The Hall–Kier alpha value is -1.30. The second kappa shape index (κ2) is 6.04. The molecule has 1 aromatic carbocycles. The number of carbonyl (C=O) groups excluding carboxylic acids is 1.